The standard InChI is InChI=1S/C23H38N4O3.C2HF3O2/c1-6-26(20(4)29)18(2)16-27(21(5)30)23(15-22-11-8-7-9-12-22)17-25(19(3)28)14-10-13-24;3-2(4,5)1(6)7/h7-9,11-12,18,23H,6,10,13-17,24H2,1-5H3;(H,6,7)/t18-,23-;/m0./s1. The van der Waals surface area contributed by atoms with Gasteiger partial charge in [0.05, 0.1) is 12.6 Å². The average Bonchev–Trinajstić information content (AvgIpc) is 2.79. The molecular formula is C25H39F3N4O5. The number of carbonyl (C=O) groups is 4. The van der Waals surface area contributed by atoms with Gasteiger partial charge in [0.15, 0.2) is 0 Å². The van der Waals surface area contributed by atoms with Gasteiger partial charge >= 0.3 is 6.18 Å². The number of alkyl halides is 3. The largest absolute Gasteiger partial charge is 0.542 e. The molecule has 0 bridgehead atoms. The molecule has 0 heterocycles. The van der Waals surface area contributed by atoms with Crippen molar-refractivity contribution in [2.75, 3.05) is 32.7 Å². The van der Waals surface area contributed by atoms with Gasteiger partial charge in [-0.2, -0.15) is 13.2 Å². The lowest BCUT2D eigenvalue weighted by molar-refractivity contribution is -0.368. The lowest BCUT2D eigenvalue weighted by Gasteiger charge is -2.38. The van der Waals surface area contributed by atoms with Crippen molar-refractivity contribution in [2.45, 2.75) is 65.7 Å². The summed E-state index contributed by atoms with van der Waals surface area (Å²) in [5.74, 6) is -3.07. The second-order valence-corrected chi connectivity index (χ2v) is 8.63. The number of carboxylic acid groups (broad SMARTS) is 1. The highest BCUT2D eigenvalue weighted by Gasteiger charge is 2.29. The summed E-state index contributed by atoms with van der Waals surface area (Å²) in [6.07, 6.45) is -3.73. The number of halogens is 3. The molecule has 210 valence electrons. The molecule has 2 atom stereocenters. The van der Waals surface area contributed by atoms with Crippen LogP contribution in [0.25, 0.3) is 0 Å². The van der Waals surface area contributed by atoms with Crippen LogP contribution in [0.5, 0.6) is 0 Å². The number of carboxylic acids is 1. The fraction of sp³-hybridized carbons (Fsp3) is 0.600. The SMILES string of the molecule is CCN(C(C)=O)[C@@H](C)CN(C(C)=O)[C@@H](Cc1ccccc1)CN(CCC[NH3+])C(C)=O.O=C([O-])C(F)(F)F. The Bertz CT molecular complexity index is 868. The van der Waals surface area contributed by atoms with Gasteiger partial charge in [-0.3, -0.25) is 14.4 Å². The summed E-state index contributed by atoms with van der Waals surface area (Å²) in [5.41, 5.74) is 4.98. The van der Waals surface area contributed by atoms with Crippen molar-refractivity contribution in [2.24, 2.45) is 0 Å². The molecule has 0 spiro atoms. The van der Waals surface area contributed by atoms with Crippen LogP contribution in [0.1, 0.15) is 46.6 Å². The van der Waals surface area contributed by atoms with Gasteiger partial charge in [0, 0.05) is 59.4 Å². The van der Waals surface area contributed by atoms with Crippen LogP contribution >= 0.6 is 0 Å². The summed E-state index contributed by atoms with van der Waals surface area (Å²) in [6.45, 7) is 11.4. The highest BCUT2D eigenvalue weighted by molar-refractivity contribution is 5.76. The zero-order chi connectivity index (χ0) is 28.8. The third-order valence-corrected chi connectivity index (χ3v) is 5.68. The first-order chi connectivity index (χ1) is 17.1. The van der Waals surface area contributed by atoms with E-state index in [0.717, 1.165) is 18.5 Å². The van der Waals surface area contributed by atoms with Gasteiger partial charge in [-0.1, -0.05) is 30.3 Å². The number of likely N-dealkylation sites (N-methyl/N-ethyl adjacent to an activating group) is 1. The monoisotopic (exact) mass is 532 g/mol. The van der Waals surface area contributed by atoms with E-state index in [9.17, 15) is 27.6 Å². The Kier molecular flexibility index (Phi) is 15.2. The van der Waals surface area contributed by atoms with Crippen molar-refractivity contribution >= 4 is 23.7 Å². The number of carbonyl (C=O) groups excluding carboxylic acids is 4. The predicted molar refractivity (Wildman–Crippen MR) is 130 cm³/mol. The molecule has 3 N–H and O–H groups in total. The molecule has 3 amide bonds. The molecule has 0 unspecified atom stereocenters. The van der Waals surface area contributed by atoms with E-state index in [1.165, 1.54) is 0 Å². The van der Waals surface area contributed by atoms with Crippen molar-refractivity contribution in [3.63, 3.8) is 0 Å². The minimum absolute atomic E-state index is 0.00279. The summed E-state index contributed by atoms with van der Waals surface area (Å²) in [4.78, 5) is 51.1. The first-order valence-corrected chi connectivity index (χ1v) is 12.1. The Labute approximate surface area is 216 Å². The third kappa shape index (κ3) is 13.1. The van der Waals surface area contributed by atoms with Crippen LogP contribution in [0, 0.1) is 0 Å². The maximum absolute atomic E-state index is 12.7. The number of nitrogens with zero attached hydrogens (tertiary/aromatic N) is 3. The van der Waals surface area contributed by atoms with E-state index in [1.54, 1.807) is 25.7 Å². The maximum atomic E-state index is 12.7. The van der Waals surface area contributed by atoms with Crippen molar-refractivity contribution in [3.05, 3.63) is 35.9 Å². The molecule has 0 aliphatic carbocycles. The molecule has 0 fully saturated rings. The summed E-state index contributed by atoms with van der Waals surface area (Å²) in [6, 6.07) is 9.71. The molecule has 0 aliphatic rings. The minimum Gasteiger partial charge on any atom is -0.542 e. The van der Waals surface area contributed by atoms with E-state index in [0.29, 0.717) is 32.6 Å². The summed E-state index contributed by atoms with van der Waals surface area (Å²) in [5, 5.41) is 8.78. The zero-order valence-corrected chi connectivity index (χ0v) is 22.2. The topological polar surface area (TPSA) is 129 Å². The van der Waals surface area contributed by atoms with E-state index in [2.05, 4.69) is 5.73 Å². The quantitative estimate of drug-likeness (QED) is 0.419. The van der Waals surface area contributed by atoms with Gasteiger partial charge < -0.3 is 30.3 Å². The predicted octanol–water partition coefficient (Wildman–Crippen LogP) is 0.482. The second kappa shape index (κ2) is 16.6. The van der Waals surface area contributed by atoms with Crippen molar-refractivity contribution in [1.82, 2.24) is 14.7 Å². The summed E-state index contributed by atoms with van der Waals surface area (Å²) >= 11 is 0. The van der Waals surface area contributed by atoms with Crippen LogP contribution in [-0.4, -0.2) is 89.4 Å². The molecule has 1 rings (SSSR count). The van der Waals surface area contributed by atoms with Crippen LogP contribution in [0.4, 0.5) is 13.2 Å². The number of benzene rings is 1. The number of quaternary nitrogens is 1. The third-order valence-electron chi connectivity index (χ3n) is 5.68. The Hall–Kier alpha value is -3.15. The van der Waals surface area contributed by atoms with E-state index in [1.807, 2.05) is 54.0 Å². The van der Waals surface area contributed by atoms with Crippen LogP contribution < -0.4 is 10.8 Å². The van der Waals surface area contributed by atoms with Crippen molar-refractivity contribution < 1.29 is 43.2 Å². The van der Waals surface area contributed by atoms with Crippen LogP contribution in [0.3, 0.4) is 0 Å². The van der Waals surface area contributed by atoms with Crippen molar-refractivity contribution in [3.8, 4) is 0 Å². The Morgan fingerprint density at radius 2 is 1.46 bits per heavy atom. The van der Waals surface area contributed by atoms with Crippen LogP contribution in [0.2, 0.25) is 0 Å². The van der Waals surface area contributed by atoms with Gasteiger partial charge in [0.1, 0.15) is 5.97 Å². The molecule has 12 heteroatoms. The number of amides is 3. The highest BCUT2D eigenvalue weighted by Crippen LogP contribution is 2.15. The molecule has 0 radical (unpaired) electrons. The van der Waals surface area contributed by atoms with E-state index >= 15 is 0 Å². The lowest BCUT2D eigenvalue weighted by Crippen LogP contribution is -2.54. The lowest BCUT2D eigenvalue weighted by atomic mass is 10.0. The minimum atomic E-state index is -5.19. The number of hydrogen-bond donors (Lipinski definition) is 1. The molecule has 9 nitrogen and oxygen atoms in total. The fourth-order valence-electron chi connectivity index (χ4n) is 3.86. The highest BCUT2D eigenvalue weighted by atomic mass is 19.4. The molecule has 37 heavy (non-hydrogen) atoms. The second-order valence-electron chi connectivity index (χ2n) is 8.63. The maximum Gasteiger partial charge on any atom is 0.430 e. The Morgan fingerprint density at radius 1 is 0.946 bits per heavy atom. The Morgan fingerprint density at radius 3 is 1.84 bits per heavy atom. The smallest absolute Gasteiger partial charge is 0.430 e. The fourth-order valence-corrected chi connectivity index (χ4v) is 3.86. The molecule has 0 aromatic heterocycles. The van der Waals surface area contributed by atoms with Gasteiger partial charge in [0.25, 0.3) is 0 Å². The van der Waals surface area contributed by atoms with Gasteiger partial charge in [-0.15, -0.1) is 0 Å². The molecule has 1 aromatic rings. The average molecular weight is 533 g/mol. The number of rotatable bonds is 12. The van der Waals surface area contributed by atoms with Gasteiger partial charge in [-0.05, 0) is 25.8 Å². The molecule has 0 saturated carbocycles. The first-order valence-electron chi connectivity index (χ1n) is 12.1. The molecule has 1 aromatic carbocycles. The Balaban J connectivity index is 0.00000161. The number of hydrogen-bond acceptors (Lipinski definition) is 5. The molecule has 0 saturated heterocycles. The summed E-state index contributed by atoms with van der Waals surface area (Å²) in [7, 11) is 0. The normalized spacial score (nSPS) is 12.5. The van der Waals surface area contributed by atoms with Crippen LogP contribution in [0.15, 0.2) is 30.3 Å². The van der Waals surface area contributed by atoms with Gasteiger partial charge in [0.2, 0.25) is 17.7 Å². The molecular weight excluding hydrogens is 493 g/mol. The van der Waals surface area contributed by atoms with Gasteiger partial charge in [-0.25, -0.2) is 0 Å². The first kappa shape index (κ1) is 33.8. The van der Waals surface area contributed by atoms with E-state index in [-0.39, 0.29) is 29.8 Å². The van der Waals surface area contributed by atoms with Crippen LogP contribution in [-0.2, 0) is 25.6 Å². The number of aliphatic carboxylic acids is 1. The zero-order valence-electron chi connectivity index (χ0n) is 22.2. The molecule has 0 aliphatic heterocycles. The van der Waals surface area contributed by atoms with E-state index < -0.39 is 12.1 Å². The van der Waals surface area contributed by atoms with E-state index in [4.69, 9.17) is 9.90 Å². The van der Waals surface area contributed by atoms with Crippen molar-refractivity contribution in [1.29, 1.82) is 0 Å². The summed E-state index contributed by atoms with van der Waals surface area (Å²) < 4.78 is 31.5.